The minimum Gasteiger partial charge on any atom is -0.490 e. The van der Waals surface area contributed by atoms with E-state index in [-0.39, 0.29) is 11.0 Å². The van der Waals surface area contributed by atoms with Gasteiger partial charge in [0.2, 0.25) is 0 Å². The van der Waals surface area contributed by atoms with Crippen LogP contribution in [0.15, 0.2) is 18.2 Å². The van der Waals surface area contributed by atoms with Crippen molar-refractivity contribution in [3.63, 3.8) is 0 Å². The van der Waals surface area contributed by atoms with Crippen molar-refractivity contribution in [3.05, 3.63) is 23.8 Å². The van der Waals surface area contributed by atoms with Crippen molar-refractivity contribution in [3.8, 4) is 11.5 Å². The number of hydrogen-bond acceptors (Lipinski definition) is 2. The molecule has 0 saturated heterocycles. The van der Waals surface area contributed by atoms with E-state index in [0.717, 1.165) is 11.5 Å². The molecule has 0 heterocycles. The molecule has 1 fully saturated rings. The second-order valence-corrected chi connectivity index (χ2v) is 7.44. The summed E-state index contributed by atoms with van der Waals surface area (Å²) in [5.41, 5.74) is 1.10. The summed E-state index contributed by atoms with van der Waals surface area (Å²) in [6.45, 7) is 12.9. The predicted molar refractivity (Wildman–Crippen MR) is 79.2 cm³/mol. The molecule has 0 aliphatic heterocycles. The maximum atomic E-state index is 6.12. The number of hydrogen-bond donors (Lipinski definition) is 0. The number of rotatable bonds is 3. The standard InChI is InChI=1S/C17H26O2/c1-16(2,3)14-10-9-13(18-12-7-8-12)11-15(14)19-17(4,5)6/h9-12H,7-8H2,1-6H3. The van der Waals surface area contributed by atoms with Gasteiger partial charge >= 0.3 is 0 Å². The molecular weight excluding hydrogens is 236 g/mol. The summed E-state index contributed by atoms with van der Waals surface area (Å²) >= 11 is 0. The highest BCUT2D eigenvalue weighted by Gasteiger charge is 2.26. The van der Waals surface area contributed by atoms with Gasteiger partial charge in [-0.05, 0) is 50.7 Å². The fraction of sp³-hybridized carbons (Fsp3) is 0.647. The lowest BCUT2D eigenvalue weighted by Crippen LogP contribution is -2.25. The van der Waals surface area contributed by atoms with Crippen LogP contribution in [0.5, 0.6) is 11.5 Å². The zero-order valence-corrected chi connectivity index (χ0v) is 13.0. The van der Waals surface area contributed by atoms with E-state index in [4.69, 9.17) is 9.47 Å². The Morgan fingerprint density at radius 2 is 1.63 bits per heavy atom. The Bertz CT molecular complexity index is 445. The van der Waals surface area contributed by atoms with Crippen LogP contribution in [0.3, 0.4) is 0 Å². The third kappa shape index (κ3) is 4.15. The van der Waals surface area contributed by atoms with Crippen LogP contribution >= 0.6 is 0 Å². The molecule has 1 aliphatic carbocycles. The second kappa shape index (κ2) is 4.73. The molecule has 0 bridgehead atoms. The highest BCUT2D eigenvalue weighted by atomic mass is 16.5. The predicted octanol–water partition coefficient (Wildman–Crippen LogP) is 4.70. The van der Waals surface area contributed by atoms with E-state index in [1.807, 2.05) is 6.07 Å². The van der Waals surface area contributed by atoms with Gasteiger partial charge in [-0.15, -0.1) is 0 Å². The first-order valence-corrected chi connectivity index (χ1v) is 7.15. The monoisotopic (exact) mass is 262 g/mol. The molecular formula is C17H26O2. The van der Waals surface area contributed by atoms with E-state index in [9.17, 15) is 0 Å². The van der Waals surface area contributed by atoms with Gasteiger partial charge < -0.3 is 9.47 Å². The molecule has 2 heteroatoms. The maximum absolute atomic E-state index is 6.12. The molecule has 0 aromatic heterocycles. The van der Waals surface area contributed by atoms with Crippen molar-refractivity contribution in [2.45, 2.75) is 71.5 Å². The van der Waals surface area contributed by atoms with Crippen LogP contribution in [-0.4, -0.2) is 11.7 Å². The van der Waals surface area contributed by atoms with Gasteiger partial charge in [-0.1, -0.05) is 26.8 Å². The molecule has 2 nitrogen and oxygen atoms in total. The first-order valence-electron chi connectivity index (χ1n) is 7.15. The van der Waals surface area contributed by atoms with Crippen LogP contribution in [0.25, 0.3) is 0 Å². The van der Waals surface area contributed by atoms with E-state index in [2.05, 4.69) is 53.7 Å². The normalized spacial score (nSPS) is 16.3. The minimum atomic E-state index is -0.196. The Balaban J connectivity index is 2.31. The van der Waals surface area contributed by atoms with Crippen LogP contribution in [0.2, 0.25) is 0 Å². The quantitative estimate of drug-likeness (QED) is 0.786. The third-order valence-corrected chi connectivity index (χ3v) is 3.00. The molecule has 0 spiro atoms. The van der Waals surface area contributed by atoms with Crippen LogP contribution in [0.1, 0.15) is 59.9 Å². The summed E-state index contributed by atoms with van der Waals surface area (Å²) in [5.74, 6) is 1.87. The van der Waals surface area contributed by atoms with Gasteiger partial charge in [0.25, 0.3) is 0 Å². The second-order valence-electron chi connectivity index (χ2n) is 7.44. The van der Waals surface area contributed by atoms with E-state index >= 15 is 0 Å². The highest BCUT2D eigenvalue weighted by molar-refractivity contribution is 5.44. The van der Waals surface area contributed by atoms with E-state index in [1.165, 1.54) is 18.4 Å². The van der Waals surface area contributed by atoms with Gasteiger partial charge in [-0.3, -0.25) is 0 Å². The van der Waals surface area contributed by atoms with Crippen LogP contribution in [0.4, 0.5) is 0 Å². The summed E-state index contributed by atoms with van der Waals surface area (Å²) in [6, 6.07) is 6.25. The molecule has 0 radical (unpaired) electrons. The highest BCUT2D eigenvalue weighted by Crippen LogP contribution is 2.37. The first-order chi connectivity index (χ1) is 8.65. The lowest BCUT2D eigenvalue weighted by Gasteiger charge is -2.28. The molecule has 106 valence electrons. The average molecular weight is 262 g/mol. The molecule has 19 heavy (non-hydrogen) atoms. The van der Waals surface area contributed by atoms with Crippen molar-refractivity contribution in [2.24, 2.45) is 0 Å². The average Bonchev–Trinajstić information content (AvgIpc) is 2.97. The zero-order chi connectivity index (χ0) is 14.3. The molecule has 0 atom stereocenters. The van der Waals surface area contributed by atoms with Crippen molar-refractivity contribution in [2.75, 3.05) is 0 Å². The Hall–Kier alpha value is -1.18. The molecule has 1 aromatic carbocycles. The Morgan fingerprint density at radius 3 is 2.11 bits per heavy atom. The van der Waals surface area contributed by atoms with Crippen molar-refractivity contribution in [1.82, 2.24) is 0 Å². The van der Waals surface area contributed by atoms with Crippen LogP contribution < -0.4 is 9.47 Å². The topological polar surface area (TPSA) is 18.5 Å². The van der Waals surface area contributed by atoms with Gasteiger partial charge in [0.05, 0.1) is 6.10 Å². The van der Waals surface area contributed by atoms with E-state index in [0.29, 0.717) is 6.10 Å². The molecule has 1 aromatic rings. The first kappa shape index (κ1) is 14.2. The Morgan fingerprint density at radius 1 is 1.00 bits per heavy atom. The minimum absolute atomic E-state index is 0.0681. The van der Waals surface area contributed by atoms with E-state index in [1.54, 1.807) is 0 Å². The van der Waals surface area contributed by atoms with Gasteiger partial charge in [0.1, 0.15) is 17.1 Å². The summed E-state index contributed by atoms with van der Waals surface area (Å²) in [6.07, 6.45) is 2.77. The summed E-state index contributed by atoms with van der Waals surface area (Å²) in [5, 5.41) is 0. The SMILES string of the molecule is CC(C)(C)Oc1cc(OC2CC2)ccc1C(C)(C)C. The Kier molecular flexibility index (Phi) is 3.55. The maximum Gasteiger partial charge on any atom is 0.127 e. The fourth-order valence-corrected chi connectivity index (χ4v) is 1.99. The van der Waals surface area contributed by atoms with Gasteiger partial charge in [-0.25, -0.2) is 0 Å². The van der Waals surface area contributed by atoms with Gasteiger partial charge in [0.15, 0.2) is 0 Å². The van der Waals surface area contributed by atoms with E-state index < -0.39 is 0 Å². The fourth-order valence-electron chi connectivity index (χ4n) is 1.99. The van der Waals surface area contributed by atoms with Gasteiger partial charge in [-0.2, -0.15) is 0 Å². The number of ether oxygens (including phenoxy) is 2. The Labute approximate surface area is 117 Å². The lowest BCUT2D eigenvalue weighted by molar-refractivity contribution is 0.127. The van der Waals surface area contributed by atoms with Crippen molar-refractivity contribution < 1.29 is 9.47 Å². The van der Waals surface area contributed by atoms with Crippen molar-refractivity contribution in [1.29, 1.82) is 0 Å². The van der Waals surface area contributed by atoms with Crippen LogP contribution in [-0.2, 0) is 5.41 Å². The molecule has 1 aliphatic rings. The summed E-state index contributed by atoms with van der Waals surface area (Å²) in [7, 11) is 0. The van der Waals surface area contributed by atoms with Crippen molar-refractivity contribution >= 4 is 0 Å². The third-order valence-electron chi connectivity index (χ3n) is 3.00. The zero-order valence-electron chi connectivity index (χ0n) is 13.0. The lowest BCUT2D eigenvalue weighted by atomic mass is 9.86. The molecule has 2 rings (SSSR count). The largest absolute Gasteiger partial charge is 0.490 e. The van der Waals surface area contributed by atoms with Crippen LogP contribution in [0, 0.1) is 0 Å². The smallest absolute Gasteiger partial charge is 0.127 e. The molecule has 0 N–H and O–H groups in total. The molecule has 0 unspecified atom stereocenters. The summed E-state index contributed by atoms with van der Waals surface area (Å²) < 4.78 is 12.0. The molecule has 1 saturated carbocycles. The number of benzene rings is 1. The van der Waals surface area contributed by atoms with Gasteiger partial charge in [0, 0.05) is 6.07 Å². The summed E-state index contributed by atoms with van der Waals surface area (Å²) in [4.78, 5) is 0. The molecule has 0 amide bonds.